The number of benzene rings is 2. The number of carbonyl (C=O) groups excluding carboxylic acids is 1. The summed E-state index contributed by atoms with van der Waals surface area (Å²) in [6.45, 7) is 1.76. The standard InChI is InChI=1S/C22H23N3O5S2/c26-21(23-17-4-2-1-3-5-17)14-22-24-18(16-31-22)15-30-19-6-8-20(9-7-19)32(27,28)25-10-12-29-13-11-25/h1-9,16H,10-15H2,(H,23,26). The van der Waals surface area contributed by atoms with Crippen molar-refractivity contribution in [2.45, 2.75) is 17.9 Å². The number of para-hydroxylation sites is 1. The van der Waals surface area contributed by atoms with Crippen LogP contribution in [0.1, 0.15) is 10.7 Å². The Labute approximate surface area is 190 Å². The Bertz CT molecular complexity index is 1140. The summed E-state index contributed by atoms with van der Waals surface area (Å²) in [6.07, 6.45) is 0.188. The molecule has 1 fully saturated rings. The second kappa shape index (κ2) is 10.2. The van der Waals surface area contributed by atoms with E-state index in [4.69, 9.17) is 9.47 Å². The minimum absolute atomic E-state index is 0.130. The monoisotopic (exact) mass is 473 g/mol. The fraction of sp³-hybridized carbons (Fsp3) is 0.273. The van der Waals surface area contributed by atoms with Gasteiger partial charge >= 0.3 is 0 Å². The lowest BCUT2D eigenvalue weighted by atomic mass is 10.3. The summed E-state index contributed by atoms with van der Waals surface area (Å²) >= 11 is 1.40. The predicted octanol–water partition coefficient (Wildman–Crippen LogP) is 2.92. The summed E-state index contributed by atoms with van der Waals surface area (Å²) in [7, 11) is -3.53. The lowest BCUT2D eigenvalue weighted by Gasteiger charge is -2.26. The van der Waals surface area contributed by atoms with Crippen molar-refractivity contribution in [2.75, 3.05) is 31.6 Å². The lowest BCUT2D eigenvalue weighted by molar-refractivity contribution is -0.115. The van der Waals surface area contributed by atoms with E-state index < -0.39 is 10.0 Å². The first kappa shape index (κ1) is 22.4. The predicted molar refractivity (Wildman–Crippen MR) is 121 cm³/mol. The molecular formula is C22H23N3O5S2. The van der Waals surface area contributed by atoms with E-state index in [-0.39, 0.29) is 23.8 Å². The number of carbonyl (C=O) groups is 1. The molecule has 2 aromatic carbocycles. The van der Waals surface area contributed by atoms with Crippen LogP contribution in [-0.4, -0.2) is 49.9 Å². The maximum atomic E-state index is 12.7. The van der Waals surface area contributed by atoms with Crippen molar-refractivity contribution in [1.82, 2.24) is 9.29 Å². The molecule has 0 saturated carbocycles. The smallest absolute Gasteiger partial charge is 0.243 e. The molecule has 0 atom stereocenters. The van der Waals surface area contributed by atoms with Crippen LogP contribution in [0.3, 0.4) is 0 Å². The van der Waals surface area contributed by atoms with Crippen LogP contribution in [0, 0.1) is 0 Å². The van der Waals surface area contributed by atoms with Crippen molar-refractivity contribution in [3.63, 3.8) is 0 Å². The van der Waals surface area contributed by atoms with Gasteiger partial charge in [-0.25, -0.2) is 13.4 Å². The van der Waals surface area contributed by atoms with E-state index in [0.717, 1.165) is 5.69 Å². The third kappa shape index (κ3) is 5.71. The summed E-state index contributed by atoms with van der Waals surface area (Å²) in [6, 6.07) is 15.6. The highest BCUT2D eigenvalue weighted by Crippen LogP contribution is 2.21. The number of amides is 1. The third-order valence-corrected chi connectivity index (χ3v) is 7.60. The van der Waals surface area contributed by atoms with Gasteiger partial charge in [0.2, 0.25) is 15.9 Å². The SMILES string of the molecule is O=C(Cc1nc(COc2ccc(S(=O)(=O)N3CCOCC3)cc2)cs1)Nc1ccccc1. The van der Waals surface area contributed by atoms with Gasteiger partial charge in [-0.1, -0.05) is 18.2 Å². The highest BCUT2D eigenvalue weighted by atomic mass is 32.2. The highest BCUT2D eigenvalue weighted by molar-refractivity contribution is 7.89. The first-order valence-electron chi connectivity index (χ1n) is 10.1. The second-order valence-corrected chi connectivity index (χ2v) is 9.98. The topological polar surface area (TPSA) is 97.8 Å². The van der Waals surface area contributed by atoms with Gasteiger partial charge in [0.1, 0.15) is 17.4 Å². The van der Waals surface area contributed by atoms with Gasteiger partial charge < -0.3 is 14.8 Å². The largest absolute Gasteiger partial charge is 0.487 e. The molecule has 0 radical (unpaired) electrons. The number of hydrogen-bond acceptors (Lipinski definition) is 7. The quantitative estimate of drug-likeness (QED) is 0.540. The molecule has 0 spiro atoms. The minimum Gasteiger partial charge on any atom is -0.487 e. The summed E-state index contributed by atoms with van der Waals surface area (Å²) in [5.74, 6) is 0.414. The van der Waals surface area contributed by atoms with Crippen molar-refractivity contribution in [2.24, 2.45) is 0 Å². The van der Waals surface area contributed by atoms with Crippen LogP contribution in [0.15, 0.2) is 64.9 Å². The van der Waals surface area contributed by atoms with Crippen molar-refractivity contribution < 1.29 is 22.7 Å². The minimum atomic E-state index is -3.53. The average Bonchev–Trinajstić information content (AvgIpc) is 3.26. The van der Waals surface area contributed by atoms with Crippen LogP contribution < -0.4 is 10.1 Å². The Morgan fingerprint density at radius 3 is 2.53 bits per heavy atom. The summed E-state index contributed by atoms with van der Waals surface area (Å²) < 4.78 is 37.7. The van der Waals surface area contributed by atoms with E-state index in [1.807, 2.05) is 35.7 Å². The van der Waals surface area contributed by atoms with Crippen LogP contribution in [0.5, 0.6) is 5.75 Å². The fourth-order valence-electron chi connectivity index (χ4n) is 3.16. The lowest BCUT2D eigenvalue weighted by Crippen LogP contribution is -2.40. The van der Waals surface area contributed by atoms with Crippen molar-refractivity contribution in [1.29, 1.82) is 0 Å². The Kier molecular flexibility index (Phi) is 7.15. The average molecular weight is 474 g/mol. The molecule has 0 unspecified atom stereocenters. The fourth-order valence-corrected chi connectivity index (χ4v) is 5.35. The van der Waals surface area contributed by atoms with Gasteiger partial charge in [-0.05, 0) is 36.4 Å². The molecule has 10 heteroatoms. The number of ether oxygens (including phenoxy) is 2. The normalized spacial score (nSPS) is 14.8. The zero-order valence-corrected chi connectivity index (χ0v) is 18.9. The van der Waals surface area contributed by atoms with Crippen molar-refractivity contribution in [3.05, 3.63) is 70.7 Å². The molecular weight excluding hydrogens is 450 g/mol. The molecule has 3 aromatic rings. The molecule has 8 nitrogen and oxygen atoms in total. The van der Waals surface area contributed by atoms with Crippen LogP contribution in [-0.2, 0) is 32.6 Å². The first-order chi connectivity index (χ1) is 15.5. The van der Waals surface area contributed by atoms with E-state index in [2.05, 4.69) is 10.3 Å². The Morgan fingerprint density at radius 1 is 1.09 bits per heavy atom. The maximum Gasteiger partial charge on any atom is 0.243 e. The van der Waals surface area contributed by atoms with Gasteiger partial charge in [-0.3, -0.25) is 4.79 Å². The van der Waals surface area contributed by atoms with Gasteiger partial charge in [-0.15, -0.1) is 11.3 Å². The molecule has 0 aliphatic carbocycles. The van der Waals surface area contributed by atoms with E-state index >= 15 is 0 Å². The van der Waals surface area contributed by atoms with E-state index in [1.165, 1.54) is 15.6 Å². The van der Waals surface area contributed by atoms with E-state index in [1.54, 1.807) is 24.3 Å². The zero-order valence-electron chi connectivity index (χ0n) is 17.3. The number of thiazole rings is 1. The number of morpholine rings is 1. The first-order valence-corrected chi connectivity index (χ1v) is 12.4. The molecule has 32 heavy (non-hydrogen) atoms. The Balaban J connectivity index is 1.29. The molecule has 1 N–H and O–H groups in total. The molecule has 1 amide bonds. The van der Waals surface area contributed by atoms with Gasteiger partial charge in [-0.2, -0.15) is 4.31 Å². The number of anilines is 1. The summed E-state index contributed by atoms with van der Waals surface area (Å²) in [5.41, 5.74) is 1.46. The van der Waals surface area contributed by atoms with Crippen LogP contribution >= 0.6 is 11.3 Å². The van der Waals surface area contributed by atoms with Crippen molar-refractivity contribution >= 4 is 33.0 Å². The molecule has 2 heterocycles. The summed E-state index contributed by atoms with van der Waals surface area (Å²) in [4.78, 5) is 16.8. The van der Waals surface area contributed by atoms with Gasteiger partial charge in [0.15, 0.2) is 0 Å². The molecule has 1 aromatic heterocycles. The third-order valence-electron chi connectivity index (χ3n) is 4.79. The molecule has 168 valence electrons. The second-order valence-electron chi connectivity index (χ2n) is 7.10. The number of rotatable bonds is 8. The number of aromatic nitrogens is 1. The van der Waals surface area contributed by atoms with E-state index in [0.29, 0.717) is 42.8 Å². The Hall–Kier alpha value is -2.79. The van der Waals surface area contributed by atoms with Gasteiger partial charge in [0, 0.05) is 24.2 Å². The van der Waals surface area contributed by atoms with Crippen LogP contribution in [0.4, 0.5) is 5.69 Å². The number of nitrogens with zero attached hydrogens (tertiary/aromatic N) is 2. The zero-order chi connectivity index (χ0) is 22.4. The number of nitrogens with one attached hydrogen (secondary N) is 1. The van der Waals surface area contributed by atoms with Crippen LogP contribution in [0.25, 0.3) is 0 Å². The number of hydrogen-bond donors (Lipinski definition) is 1. The van der Waals surface area contributed by atoms with Gasteiger partial charge in [0.05, 0.1) is 30.2 Å². The Morgan fingerprint density at radius 2 is 1.81 bits per heavy atom. The van der Waals surface area contributed by atoms with Gasteiger partial charge in [0.25, 0.3) is 0 Å². The maximum absolute atomic E-state index is 12.7. The van der Waals surface area contributed by atoms with Crippen LogP contribution in [0.2, 0.25) is 0 Å². The van der Waals surface area contributed by atoms with E-state index in [9.17, 15) is 13.2 Å². The molecule has 4 rings (SSSR count). The molecule has 1 aliphatic rings. The summed E-state index contributed by atoms with van der Waals surface area (Å²) in [5, 5.41) is 5.38. The highest BCUT2D eigenvalue weighted by Gasteiger charge is 2.26. The molecule has 1 saturated heterocycles. The molecule has 0 bridgehead atoms. The number of sulfonamides is 1. The van der Waals surface area contributed by atoms with Crippen molar-refractivity contribution in [3.8, 4) is 5.75 Å². The molecule has 1 aliphatic heterocycles.